The first-order valence-corrected chi connectivity index (χ1v) is 11.5. The molecule has 0 amide bonds. The van der Waals surface area contributed by atoms with Gasteiger partial charge >= 0.3 is 0 Å². The van der Waals surface area contributed by atoms with Crippen molar-refractivity contribution in [1.29, 1.82) is 0 Å². The molecule has 2 saturated carbocycles. The van der Waals surface area contributed by atoms with Crippen molar-refractivity contribution < 1.29 is 15.3 Å². The number of hydrogen-bond acceptors (Lipinski definition) is 3. The highest BCUT2D eigenvalue weighted by atomic mass is 16.3. The highest BCUT2D eigenvalue weighted by Crippen LogP contribution is 2.60. The summed E-state index contributed by atoms with van der Waals surface area (Å²) in [5, 5.41) is 30.2. The van der Waals surface area contributed by atoms with Gasteiger partial charge in [-0.2, -0.15) is 0 Å². The third kappa shape index (κ3) is 5.24. The summed E-state index contributed by atoms with van der Waals surface area (Å²) >= 11 is 0. The van der Waals surface area contributed by atoms with E-state index in [1.807, 2.05) is 6.08 Å². The summed E-state index contributed by atoms with van der Waals surface area (Å²) in [7, 11) is 0. The van der Waals surface area contributed by atoms with Gasteiger partial charge in [-0.1, -0.05) is 66.3 Å². The minimum absolute atomic E-state index is 0.173. The van der Waals surface area contributed by atoms with Crippen LogP contribution in [0.25, 0.3) is 0 Å². The first-order chi connectivity index (χ1) is 13.4. The van der Waals surface area contributed by atoms with Gasteiger partial charge in [-0.05, 0) is 71.8 Å². The van der Waals surface area contributed by atoms with E-state index in [-0.39, 0.29) is 16.9 Å². The van der Waals surface area contributed by atoms with Crippen LogP contribution in [-0.2, 0) is 0 Å². The molecule has 29 heavy (non-hydrogen) atoms. The van der Waals surface area contributed by atoms with E-state index in [1.165, 1.54) is 12.8 Å². The Labute approximate surface area is 178 Å². The Morgan fingerprint density at radius 1 is 1.14 bits per heavy atom. The molecular weight excluding hydrogens is 360 g/mol. The molecule has 0 radical (unpaired) electrons. The van der Waals surface area contributed by atoms with E-state index in [4.69, 9.17) is 0 Å². The number of aliphatic hydroxyl groups excluding tert-OH is 3. The fraction of sp³-hybridized carbons (Fsp3) is 0.769. The van der Waals surface area contributed by atoms with E-state index in [0.717, 1.165) is 24.0 Å². The Morgan fingerprint density at radius 2 is 1.79 bits per heavy atom. The fourth-order valence-electron chi connectivity index (χ4n) is 5.42. The number of aliphatic hydroxyl groups is 3. The minimum Gasteiger partial charge on any atom is -0.393 e. The highest BCUT2D eigenvalue weighted by Gasteiger charge is 2.52. The lowest BCUT2D eigenvalue weighted by Crippen LogP contribution is -2.39. The fourth-order valence-corrected chi connectivity index (χ4v) is 5.42. The molecule has 2 aliphatic carbocycles. The van der Waals surface area contributed by atoms with Crippen molar-refractivity contribution in [3.8, 4) is 0 Å². The maximum absolute atomic E-state index is 10.2. The Morgan fingerprint density at radius 3 is 2.41 bits per heavy atom. The largest absolute Gasteiger partial charge is 0.393 e. The molecular formula is C26H44O3. The van der Waals surface area contributed by atoms with Crippen molar-refractivity contribution >= 4 is 0 Å². The van der Waals surface area contributed by atoms with Gasteiger partial charge in [0.25, 0.3) is 0 Å². The first kappa shape index (κ1) is 24.4. The number of allylic oxidation sites excluding steroid dienone is 3. The van der Waals surface area contributed by atoms with Gasteiger partial charge in [0.2, 0.25) is 0 Å². The molecule has 2 rings (SSSR count). The summed E-state index contributed by atoms with van der Waals surface area (Å²) in [6, 6.07) is 0. The zero-order valence-corrected chi connectivity index (χ0v) is 19.5. The van der Waals surface area contributed by atoms with Crippen LogP contribution >= 0.6 is 0 Å². The summed E-state index contributed by atoms with van der Waals surface area (Å²) in [6.45, 7) is 17.8. The summed E-state index contributed by atoms with van der Waals surface area (Å²) in [4.78, 5) is 0. The van der Waals surface area contributed by atoms with Gasteiger partial charge < -0.3 is 15.3 Å². The zero-order valence-electron chi connectivity index (χ0n) is 19.5. The molecule has 0 unspecified atom stereocenters. The van der Waals surface area contributed by atoms with E-state index in [0.29, 0.717) is 30.6 Å². The van der Waals surface area contributed by atoms with Crippen LogP contribution in [0.15, 0.2) is 36.0 Å². The second-order valence-electron chi connectivity index (χ2n) is 10.8. The van der Waals surface area contributed by atoms with Crippen molar-refractivity contribution in [3.05, 3.63) is 36.0 Å². The number of rotatable bonds is 7. The van der Waals surface area contributed by atoms with Crippen molar-refractivity contribution in [3.63, 3.8) is 0 Å². The smallest absolute Gasteiger partial charge is 0.0811 e. The Bertz CT molecular complexity index is 630. The van der Waals surface area contributed by atoms with Crippen molar-refractivity contribution in [2.75, 3.05) is 0 Å². The summed E-state index contributed by atoms with van der Waals surface area (Å²) in [5.74, 6) is 1.38. The summed E-state index contributed by atoms with van der Waals surface area (Å²) in [6.07, 6.45) is 10.4. The first-order valence-electron chi connectivity index (χ1n) is 11.5. The van der Waals surface area contributed by atoms with Crippen LogP contribution < -0.4 is 0 Å². The van der Waals surface area contributed by atoms with E-state index in [1.54, 1.807) is 0 Å². The average molecular weight is 405 g/mol. The Balaban J connectivity index is 2.06. The summed E-state index contributed by atoms with van der Waals surface area (Å²) < 4.78 is 0. The van der Waals surface area contributed by atoms with Crippen molar-refractivity contribution in [1.82, 2.24) is 0 Å². The lowest BCUT2D eigenvalue weighted by atomic mass is 9.59. The van der Waals surface area contributed by atoms with E-state index < -0.39 is 12.2 Å². The van der Waals surface area contributed by atoms with Gasteiger partial charge in [0.05, 0.1) is 18.3 Å². The lowest BCUT2D eigenvalue weighted by Gasteiger charge is -2.46. The molecule has 0 aromatic carbocycles. The molecule has 0 heterocycles. The Kier molecular flexibility index (Phi) is 7.98. The Hall–Kier alpha value is -0.900. The lowest BCUT2D eigenvalue weighted by molar-refractivity contribution is 0.0277. The maximum Gasteiger partial charge on any atom is 0.0811 e. The minimum atomic E-state index is -0.633. The molecule has 0 bridgehead atoms. The molecule has 0 aliphatic heterocycles. The van der Waals surface area contributed by atoms with Crippen LogP contribution in [0.1, 0.15) is 80.1 Å². The predicted octanol–water partition coefficient (Wildman–Crippen LogP) is 5.42. The van der Waals surface area contributed by atoms with Crippen LogP contribution in [0.3, 0.4) is 0 Å². The third-order valence-electron chi connectivity index (χ3n) is 8.53. The van der Waals surface area contributed by atoms with Crippen molar-refractivity contribution in [2.45, 2.75) is 98.4 Å². The molecule has 6 atom stereocenters. The summed E-state index contributed by atoms with van der Waals surface area (Å²) in [5.41, 5.74) is 2.12. The van der Waals surface area contributed by atoms with E-state index in [2.05, 4.69) is 60.3 Å². The predicted molar refractivity (Wildman–Crippen MR) is 121 cm³/mol. The molecule has 2 fully saturated rings. The zero-order chi connectivity index (χ0) is 22.0. The van der Waals surface area contributed by atoms with E-state index >= 15 is 0 Å². The molecule has 3 N–H and O–H groups in total. The van der Waals surface area contributed by atoms with Gasteiger partial charge in [0.15, 0.2) is 0 Å². The van der Waals surface area contributed by atoms with Crippen LogP contribution in [-0.4, -0.2) is 33.6 Å². The molecule has 0 spiro atoms. The molecule has 2 aliphatic rings. The van der Waals surface area contributed by atoms with Gasteiger partial charge in [-0.3, -0.25) is 0 Å². The third-order valence-corrected chi connectivity index (χ3v) is 8.53. The van der Waals surface area contributed by atoms with E-state index in [9.17, 15) is 15.3 Å². The molecule has 3 heteroatoms. The maximum atomic E-state index is 10.2. The topological polar surface area (TPSA) is 60.7 Å². The highest BCUT2D eigenvalue weighted by molar-refractivity contribution is 5.37. The number of hydrogen-bond donors (Lipinski definition) is 3. The second-order valence-corrected chi connectivity index (χ2v) is 10.8. The van der Waals surface area contributed by atoms with Crippen LogP contribution in [0.2, 0.25) is 0 Å². The van der Waals surface area contributed by atoms with Crippen LogP contribution in [0.5, 0.6) is 0 Å². The second kappa shape index (κ2) is 9.49. The molecule has 0 aromatic rings. The normalized spacial score (nSPS) is 36.3. The standard InChI is InChI=1S/C26H44O3/c1-17(2)23(28)12-11-18(3)26(7)14-13-21(25(26,5)6)10-8-9-20-15-22(27)16-24(29)19(20)4/h8-10,17-18,21-24,27-29H,4,11-16H2,1-3,5-7H3/b10-8+,20-9?/t18-,21+,22+,23+,24-,26+/m0/s1. The molecule has 3 nitrogen and oxygen atoms in total. The van der Waals surface area contributed by atoms with Gasteiger partial charge in [0.1, 0.15) is 0 Å². The van der Waals surface area contributed by atoms with Gasteiger partial charge in [0, 0.05) is 6.42 Å². The van der Waals surface area contributed by atoms with Crippen LogP contribution in [0, 0.1) is 28.6 Å². The monoisotopic (exact) mass is 404 g/mol. The van der Waals surface area contributed by atoms with Gasteiger partial charge in [-0.15, -0.1) is 0 Å². The SMILES string of the molecule is C=C1C(=C/C=C/[C@@H]2CC[C@](C)([C@@H](C)CC[C@@H](O)C(C)C)C2(C)C)C[C@@H](O)C[C@@H]1O. The van der Waals surface area contributed by atoms with Gasteiger partial charge in [-0.25, -0.2) is 0 Å². The molecule has 0 saturated heterocycles. The molecule has 0 aromatic heterocycles. The average Bonchev–Trinajstić information content (AvgIpc) is 2.87. The quantitative estimate of drug-likeness (QED) is 0.531. The van der Waals surface area contributed by atoms with Crippen LogP contribution in [0.4, 0.5) is 0 Å². The molecule has 166 valence electrons. The van der Waals surface area contributed by atoms with Crippen molar-refractivity contribution in [2.24, 2.45) is 28.6 Å².